The van der Waals surface area contributed by atoms with E-state index in [2.05, 4.69) is 21.2 Å². The van der Waals surface area contributed by atoms with Gasteiger partial charge in [0.2, 0.25) is 5.91 Å². The van der Waals surface area contributed by atoms with E-state index >= 15 is 0 Å². The molecule has 0 saturated heterocycles. The Hall–Kier alpha value is -1.56. The number of nitrogens with zero attached hydrogens (tertiary/aromatic N) is 1. The van der Waals surface area contributed by atoms with Crippen molar-refractivity contribution in [3.8, 4) is 0 Å². The molecule has 0 aliphatic carbocycles. The number of hydrogen-bond acceptors (Lipinski definition) is 3. The van der Waals surface area contributed by atoms with Crippen LogP contribution in [-0.2, 0) is 9.53 Å². The van der Waals surface area contributed by atoms with Crippen LogP contribution in [0.4, 0.5) is 10.5 Å². The smallest absolute Gasteiger partial charge is 0.407 e. The van der Waals surface area contributed by atoms with Gasteiger partial charge < -0.3 is 15.0 Å². The van der Waals surface area contributed by atoms with Gasteiger partial charge in [0.15, 0.2) is 0 Å². The van der Waals surface area contributed by atoms with E-state index < -0.39 is 11.7 Å². The minimum absolute atomic E-state index is 0.0875. The van der Waals surface area contributed by atoms with Crippen LogP contribution >= 0.6 is 15.9 Å². The second-order valence-corrected chi connectivity index (χ2v) is 6.91. The molecule has 0 heterocycles. The van der Waals surface area contributed by atoms with Gasteiger partial charge in [-0.3, -0.25) is 4.79 Å². The highest BCUT2D eigenvalue weighted by Gasteiger charge is 2.17. The van der Waals surface area contributed by atoms with Crippen LogP contribution in [0.2, 0.25) is 0 Å². The first-order chi connectivity index (χ1) is 10.1. The zero-order valence-electron chi connectivity index (χ0n) is 13.7. The molecule has 6 heteroatoms. The van der Waals surface area contributed by atoms with E-state index in [-0.39, 0.29) is 5.91 Å². The maximum Gasteiger partial charge on any atom is 0.407 e. The first-order valence-corrected chi connectivity index (χ1v) is 7.90. The lowest BCUT2D eigenvalue weighted by atomic mass is 10.2. The lowest BCUT2D eigenvalue weighted by Gasteiger charge is -2.24. The number of hydrogen-bond donors (Lipinski definition) is 1. The van der Waals surface area contributed by atoms with E-state index in [0.717, 1.165) is 15.7 Å². The predicted octanol–water partition coefficient (Wildman–Crippen LogP) is 3.64. The summed E-state index contributed by atoms with van der Waals surface area (Å²) in [5, 5.41) is 2.65. The summed E-state index contributed by atoms with van der Waals surface area (Å²) in [6.45, 7) is 9.58. The van der Waals surface area contributed by atoms with Crippen LogP contribution in [-0.4, -0.2) is 30.7 Å². The highest BCUT2D eigenvalue weighted by molar-refractivity contribution is 9.10. The van der Waals surface area contributed by atoms with E-state index in [1.807, 2.05) is 25.1 Å². The Labute approximate surface area is 140 Å². The molecule has 5 nitrogen and oxygen atoms in total. The number of carbonyl (C=O) groups excluding carboxylic acids is 2. The van der Waals surface area contributed by atoms with E-state index in [1.165, 1.54) is 6.92 Å². The summed E-state index contributed by atoms with van der Waals surface area (Å²) >= 11 is 3.47. The molecule has 1 rings (SSSR count). The minimum atomic E-state index is -0.537. The normalized spacial score (nSPS) is 11.0. The standard InChI is InChI=1S/C16H23BrN2O3/c1-11-6-7-14(13(17)10-11)19(12(2)20)9-8-18-15(21)22-16(3,4)5/h6-7,10H,8-9H2,1-5H3,(H,18,21). The fourth-order valence-electron chi connectivity index (χ4n) is 1.86. The van der Waals surface area contributed by atoms with Crippen molar-refractivity contribution in [1.82, 2.24) is 5.32 Å². The van der Waals surface area contributed by atoms with Crippen LogP contribution in [0, 0.1) is 6.92 Å². The summed E-state index contributed by atoms with van der Waals surface area (Å²) in [5.41, 5.74) is 1.35. The SMILES string of the molecule is CC(=O)N(CCNC(=O)OC(C)(C)C)c1ccc(C)cc1Br. The van der Waals surface area contributed by atoms with E-state index in [1.54, 1.807) is 25.7 Å². The lowest BCUT2D eigenvalue weighted by Crippen LogP contribution is -2.39. The molecule has 0 saturated carbocycles. The third-order valence-electron chi connectivity index (χ3n) is 2.78. The molecule has 0 spiro atoms. The molecule has 0 fully saturated rings. The monoisotopic (exact) mass is 370 g/mol. The van der Waals surface area contributed by atoms with Gasteiger partial charge >= 0.3 is 6.09 Å². The van der Waals surface area contributed by atoms with Gasteiger partial charge in [0.25, 0.3) is 0 Å². The van der Waals surface area contributed by atoms with E-state index in [9.17, 15) is 9.59 Å². The van der Waals surface area contributed by atoms with Crippen LogP contribution in [0.1, 0.15) is 33.3 Å². The van der Waals surface area contributed by atoms with Gasteiger partial charge in [-0.25, -0.2) is 4.79 Å². The van der Waals surface area contributed by atoms with Crippen LogP contribution in [0.3, 0.4) is 0 Å². The fourth-order valence-corrected chi connectivity index (χ4v) is 2.57. The molecule has 0 atom stereocenters. The van der Waals surface area contributed by atoms with Crippen molar-refractivity contribution >= 4 is 33.6 Å². The minimum Gasteiger partial charge on any atom is -0.444 e. The highest BCUT2D eigenvalue weighted by Crippen LogP contribution is 2.27. The van der Waals surface area contributed by atoms with E-state index in [0.29, 0.717) is 13.1 Å². The zero-order valence-corrected chi connectivity index (χ0v) is 15.3. The second-order valence-electron chi connectivity index (χ2n) is 6.05. The number of anilines is 1. The number of rotatable bonds is 4. The number of aryl methyl sites for hydroxylation is 1. The van der Waals surface area contributed by atoms with Crippen molar-refractivity contribution in [2.24, 2.45) is 0 Å². The second kappa shape index (κ2) is 7.63. The molecule has 1 aromatic carbocycles. The van der Waals surface area contributed by atoms with Crippen LogP contribution in [0.15, 0.2) is 22.7 Å². The Morgan fingerprint density at radius 1 is 1.32 bits per heavy atom. The Kier molecular flexibility index (Phi) is 6.41. The third kappa shape index (κ3) is 6.05. The third-order valence-corrected chi connectivity index (χ3v) is 3.41. The molecule has 0 radical (unpaired) electrons. The lowest BCUT2D eigenvalue weighted by molar-refractivity contribution is -0.116. The van der Waals surface area contributed by atoms with Crippen molar-refractivity contribution in [2.75, 3.05) is 18.0 Å². The summed E-state index contributed by atoms with van der Waals surface area (Å²) < 4.78 is 6.01. The van der Waals surface area contributed by atoms with Gasteiger partial charge in [-0.05, 0) is 61.3 Å². The summed E-state index contributed by atoms with van der Waals surface area (Å²) in [4.78, 5) is 25.1. The molecule has 0 unspecified atom stereocenters. The molecule has 122 valence electrons. The zero-order chi connectivity index (χ0) is 16.9. The topological polar surface area (TPSA) is 58.6 Å². The highest BCUT2D eigenvalue weighted by atomic mass is 79.9. The molecule has 2 amide bonds. The Morgan fingerprint density at radius 2 is 1.95 bits per heavy atom. The first kappa shape index (κ1) is 18.5. The van der Waals surface area contributed by atoms with Gasteiger partial charge in [-0.1, -0.05) is 6.07 Å². The van der Waals surface area contributed by atoms with Crippen molar-refractivity contribution < 1.29 is 14.3 Å². The van der Waals surface area contributed by atoms with Crippen molar-refractivity contribution in [1.29, 1.82) is 0 Å². The maximum absolute atomic E-state index is 11.8. The quantitative estimate of drug-likeness (QED) is 0.879. The summed E-state index contributed by atoms with van der Waals surface area (Å²) in [6.07, 6.45) is -0.487. The van der Waals surface area contributed by atoms with Gasteiger partial charge in [0, 0.05) is 24.5 Å². The van der Waals surface area contributed by atoms with E-state index in [4.69, 9.17) is 4.74 Å². The average molecular weight is 371 g/mol. The number of ether oxygens (including phenoxy) is 1. The Morgan fingerprint density at radius 3 is 2.45 bits per heavy atom. The Balaban J connectivity index is 2.67. The predicted molar refractivity (Wildman–Crippen MR) is 91.1 cm³/mol. The van der Waals surface area contributed by atoms with Crippen LogP contribution in [0.25, 0.3) is 0 Å². The van der Waals surface area contributed by atoms with Crippen molar-refractivity contribution in [3.05, 3.63) is 28.2 Å². The summed E-state index contributed by atoms with van der Waals surface area (Å²) in [5.74, 6) is -0.0875. The largest absolute Gasteiger partial charge is 0.444 e. The molecular weight excluding hydrogens is 348 g/mol. The summed E-state index contributed by atoms with van der Waals surface area (Å²) in [7, 11) is 0. The average Bonchev–Trinajstić information content (AvgIpc) is 2.33. The van der Waals surface area contributed by atoms with Crippen molar-refractivity contribution in [3.63, 3.8) is 0 Å². The van der Waals surface area contributed by atoms with Crippen LogP contribution < -0.4 is 10.2 Å². The molecule has 0 aliphatic rings. The molecule has 0 bridgehead atoms. The molecule has 1 aromatic rings. The maximum atomic E-state index is 11.8. The number of carbonyl (C=O) groups is 2. The van der Waals surface area contributed by atoms with Gasteiger partial charge in [0.1, 0.15) is 5.60 Å². The van der Waals surface area contributed by atoms with Crippen LogP contribution in [0.5, 0.6) is 0 Å². The number of halogens is 1. The van der Waals surface area contributed by atoms with Crippen molar-refractivity contribution in [2.45, 2.75) is 40.2 Å². The molecule has 0 aromatic heterocycles. The van der Waals surface area contributed by atoms with Gasteiger partial charge in [0.05, 0.1) is 5.69 Å². The molecule has 22 heavy (non-hydrogen) atoms. The summed E-state index contributed by atoms with van der Waals surface area (Å²) in [6, 6.07) is 5.78. The number of alkyl carbamates (subject to hydrolysis) is 1. The van der Waals surface area contributed by atoms with Gasteiger partial charge in [-0.15, -0.1) is 0 Å². The van der Waals surface area contributed by atoms with Gasteiger partial charge in [-0.2, -0.15) is 0 Å². The number of nitrogens with one attached hydrogen (secondary N) is 1. The molecular formula is C16H23BrN2O3. The number of benzene rings is 1. The first-order valence-electron chi connectivity index (χ1n) is 7.11. The molecule has 1 N–H and O–H groups in total. The number of amides is 2. The Bertz CT molecular complexity index is 553. The molecule has 0 aliphatic heterocycles. The fraction of sp³-hybridized carbons (Fsp3) is 0.500.